The summed E-state index contributed by atoms with van der Waals surface area (Å²) in [6.45, 7) is 4.32. The highest BCUT2D eigenvalue weighted by molar-refractivity contribution is 7.80. The molecule has 0 bridgehead atoms. The highest BCUT2D eigenvalue weighted by Gasteiger charge is 2.12. The van der Waals surface area contributed by atoms with E-state index in [2.05, 4.69) is 41.5 Å². The normalized spacial score (nSPS) is 10.5. The standard InChI is InChI=1S/C22H22FN3S/c1-16(2)26(18-8-4-3-5-9-18)19-14-12-17(13-15-19)24-22(27)25-21-11-7-6-10-20(21)23/h3-16H,1-2H3,(H2,24,25,27). The van der Waals surface area contributed by atoms with E-state index >= 15 is 0 Å². The van der Waals surface area contributed by atoms with Gasteiger partial charge in [-0.3, -0.25) is 0 Å². The van der Waals surface area contributed by atoms with Gasteiger partial charge in [-0.05, 0) is 74.6 Å². The summed E-state index contributed by atoms with van der Waals surface area (Å²) < 4.78 is 13.7. The first kappa shape index (κ1) is 18.9. The third kappa shape index (κ3) is 4.83. The summed E-state index contributed by atoms with van der Waals surface area (Å²) in [6.07, 6.45) is 0. The summed E-state index contributed by atoms with van der Waals surface area (Å²) in [4.78, 5) is 2.26. The zero-order valence-electron chi connectivity index (χ0n) is 15.3. The van der Waals surface area contributed by atoms with E-state index in [1.165, 1.54) is 6.07 Å². The van der Waals surface area contributed by atoms with E-state index in [1.54, 1.807) is 18.2 Å². The lowest BCUT2D eigenvalue weighted by molar-refractivity contribution is 0.632. The van der Waals surface area contributed by atoms with Crippen LogP contribution in [0.15, 0.2) is 78.9 Å². The molecule has 0 fully saturated rings. The van der Waals surface area contributed by atoms with Crippen LogP contribution in [-0.2, 0) is 0 Å². The van der Waals surface area contributed by atoms with E-state index in [1.807, 2.05) is 42.5 Å². The van der Waals surface area contributed by atoms with Gasteiger partial charge in [0.05, 0.1) is 5.69 Å². The molecule has 0 aliphatic carbocycles. The molecule has 0 amide bonds. The second-order valence-corrected chi connectivity index (χ2v) is 6.81. The quantitative estimate of drug-likeness (QED) is 0.518. The molecular formula is C22H22FN3S. The summed E-state index contributed by atoms with van der Waals surface area (Å²) in [6, 6.07) is 25.0. The van der Waals surface area contributed by atoms with Crippen molar-refractivity contribution in [3.63, 3.8) is 0 Å². The van der Waals surface area contributed by atoms with Crippen molar-refractivity contribution in [3.8, 4) is 0 Å². The van der Waals surface area contributed by atoms with Crippen molar-refractivity contribution < 1.29 is 4.39 Å². The Bertz CT molecular complexity index is 895. The monoisotopic (exact) mass is 379 g/mol. The Labute approximate surface area is 164 Å². The number of anilines is 4. The van der Waals surface area contributed by atoms with Crippen LogP contribution in [0.2, 0.25) is 0 Å². The zero-order chi connectivity index (χ0) is 19.2. The molecule has 0 spiro atoms. The van der Waals surface area contributed by atoms with Crippen LogP contribution in [-0.4, -0.2) is 11.2 Å². The minimum atomic E-state index is -0.340. The van der Waals surface area contributed by atoms with Crippen LogP contribution in [0.5, 0.6) is 0 Å². The zero-order valence-corrected chi connectivity index (χ0v) is 16.1. The summed E-state index contributed by atoms with van der Waals surface area (Å²) in [7, 11) is 0. The highest BCUT2D eigenvalue weighted by Crippen LogP contribution is 2.28. The maximum absolute atomic E-state index is 13.7. The van der Waals surface area contributed by atoms with Crippen molar-refractivity contribution in [2.24, 2.45) is 0 Å². The van der Waals surface area contributed by atoms with Gasteiger partial charge in [-0.25, -0.2) is 4.39 Å². The average molecular weight is 380 g/mol. The summed E-state index contributed by atoms with van der Waals surface area (Å²) in [5, 5.41) is 6.31. The van der Waals surface area contributed by atoms with Crippen molar-refractivity contribution in [2.75, 3.05) is 15.5 Å². The lowest BCUT2D eigenvalue weighted by Gasteiger charge is -2.29. The second-order valence-electron chi connectivity index (χ2n) is 6.41. The van der Waals surface area contributed by atoms with Gasteiger partial charge < -0.3 is 15.5 Å². The molecule has 0 aliphatic rings. The number of para-hydroxylation sites is 2. The molecule has 0 heterocycles. The maximum atomic E-state index is 13.7. The molecule has 3 aromatic carbocycles. The number of rotatable bonds is 5. The number of thiocarbonyl (C=S) groups is 1. The van der Waals surface area contributed by atoms with Crippen molar-refractivity contribution in [2.45, 2.75) is 19.9 Å². The molecule has 0 aromatic heterocycles. The van der Waals surface area contributed by atoms with Gasteiger partial charge in [-0.2, -0.15) is 0 Å². The summed E-state index contributed by atoms with van der Waals surface area (Å²) in [5.74, 6) is -0.340. The smallest absolute Gasteiger partial charge is 0.175 e. The predicted octanol–water partition coefficient (Wildman–Crippen LogP) is 6.18. The fraction of sp³-hybridized carbons (Fsp3) is 0.136. The van der Waals surface area contributed by atoms with Gasteiger partial charge in [0.2, 0.25) is 0 Å². The number of benzene rings is 3. The van der Waals surface area contributed by atoms with E-state index in [4.69, 9.17) is 12.2 Å². The SMILES string of the molecule is CC(C)N(c1ccccc1)c1ccc(NC(=S)Nc2ccccc2F)cc1. The Kier molecular flexibility index (Phi) is 6.04. The Hall–Kier alpha value is -2.92. The van der Waals surface area contributed by atoms with Crippen LogP contribution in [0.25, 0.3) is 0 Å². The van der Waals surface area contributed by atoms with Crippen LogP contribution in [0, 0.1) is 5.82 Å². The maximum Gasteiger partial charge on any atom is 0.175 e. The minimum absolute atomic E-state index is 0.315. The van der Waals surface area contributed by atoms with Gasteiger partial charge in [-0.1, -0.05) is 30.3 Å². The molecule has 0 unspecified atom stereocenters. The van der Waals surface area contributed by atoms with Gasteiger partial charge >= 0.3 is 0 Å². The first-order chi connectivity index (χ1) is 13.0. The number of nitrogens with one attached hydrogen (secondary N) is 2. The minimum Gasteiger partial charge on any atom is -0.339 e. The number of halogens is 1. The molecule has 0 aliphatic heterocycles. The van der Waals surface area contributed by atoms with Crippen LogP contribution in [0.3, 0.4) is 0 Å². The van der Waals surface area contributed by atoms with E-state index < -0.39 is 0 Å². The number of hydrogen-bond donors (Lipinski definition) is 2. The molecule has 138 valence electrons. The highest BCUT2D eigenvalue weighted by atomic mass is 32.1. The van der Waals surface area contributed by atoms with E-state index in [0.29, 0.717) is 16.8 Å². The van der Waals surface area contributed by atoms with Crippen molar-refractivity contribution in [1.29, 1.82) is 0 Å². The molecule has 0 saturated heterocycles. The van der Waals surface area contributed by atoms with E-state index in [0.717, 1.165) is 17.1 Å². The summed E-state index contributed by atoms with van der Waals surface area (Å²) >= 11 is 5.28. The molecule has 2 N–H and O–H groups in total. The summed E-state index contributed by atoms with van der Waals surface area (Å²) in [5.41, 5.74) is 3.42. The van der Waals surface area contributed by atoms with Crippen LogP contribution < -0.4 is 15.5 Å². The average Bonchev–Trinajstić information content (AvgIpc) is 2.66. The molecule has 0 atom stereocenters. The Morgan fingerprint density at radius 1 is 0.815 bits per heavy atom. The predicted molar refractivity (Wildman–Crippen MR) is 116 cm³/mol. The van der Waals surface area contributed by atoms with Crippen LogP contribution in [0.1, 0.15) is 13.8 Å². The third-order valence-electron chi connectivity index (χ3n) is 4.08. The molecular weight excluding hydrogens is 357 g/mol. The fourth-order valence-corrected chi connectivity index (χ4v) is 3.11. The fourth-order valence-electron chi connectivity index (χ4n) is 2.89. The Balaban J connectivity index is 1.71. The van der Waals surface area contributed by atoms with Crippen molar-refractivity contribution in [1.82, 2.24) is 0 Å². The van der Waals surface area contributed by atoms with Crippen LogP contribution >= 0.6 is 12.2 Å². The van der Waals surface area contributed by atoms with Gasteiger partial charge in [0.15, 0.2) is 5.11 Å². The van der Waals surface area contributed by atoms with Crippen molar-refractivity contribution >= 4 is 40.1 Å². The van der Waals surface area contributed by atoms with Gasteiger partial charge in [0.1, 0.15) is 5.82 Å². The van der Waals surface area contributed by atoms with E-state index in [-0.39, 0.29) is 5.82 Å². The molecule has 5 heteroatoms. The molecule has 3 nitrogen and oxygen atoms in total. The third-order valence-corrected chi connectivity index (χ3v) is 4.28. The van der Waals surface area contributed by atoms with E-state index in [9.17, 15) is 4.39 Å². The number of hydrogen-bond acceptors (Lipinski definition) is 2. The van der Waals surface area contributed by atoms with Crippen molar-refractivity contribution in [3.05, 3.63) is 84.7 Å². The first-order valence-electron chi connectivity index (χ1n) is 8.81. The second kappa shape index (κ2) is 8.64. The lowest BCUT2D eigenvalue weighted by atomic mass is 10.2. The molecule has 27 heavy (non-hydrogen) atoms. The first-order valence-corrected chi connectivity index (χ1v) is 9.22. The molecule has 0 saturated carbocycles. The Morgan fingerprint density at radius 3 is 2.04 bits per heavy atom. The largest absolute Gasteiger partial charge is 0.339 e. The molecule has 3 aromatic rings. The van der Waals surface area contributed by atoms with Gasteiger partial charge in [0.25, 0.3) is 0 Å². The van der Waals surface area contributed by atoms with Crippen LogP contribution in [0.4, 0.5) is 27.1 Å². The Morgan fingerprint density at radius 2 is 1.41 bits per heavy atom. The van der Waals surface area contributed by atoms with Gasteiger partial charge in [0, 0.05) is 23.1 Å². The topological polar surface area (TPSA) is 27.3 Å². The molecule has 3 rings (SSSR count). The molecule has 0 radical (unpaired) electrons. The lowest BCUT2D eigenvalue weighted by Crippen LogP contribution is -2.25. The number of nitrogens with zero attached hydrogens (tertiary/aromatic N) is 1. The van der Waals surface area contributed by atoms with Gasteiger partial charge in [-0.15, -0.1) is 0 Å².